The highest BCUT2D eigenvalue weighted by Gasteiger charge is 2.59. The van der Waals surface area contributed by atoms with Crippen molar-refractivity contribution in [1.29, 1.82) is 0 Å². The van der Waals surface area contributed by atoms with Crippen molar-refractivity contribution in [3.63, 3.8) is 0 Å². The quantitative estimate of drug-likeness (QED) is 0.635. The molecule has 5 rings (SSSR count). The van der Waals surface area contributed by atoms with Crippen molar-refractivity contribution in [2.75, 3.05) is 45.9 Å². The summed E-state index contributed by atoms with van der Waals surface area (Å²) >= 11 is 1.57. The molecule has 3 aliphatic rings. The minimum absolute atomic E-state index is 0.0489. The van der Waals surface area contributed by atoms with E-state index in [-0.39, 0.29) is 29.2 Å². The lowest BCUT2D eigenvalue weighted by Gasteiger charge is -2.36. The van der Waals surface area contributed by atoms with Crippen molar-refractivity contribution < 1.29 is 19.1 Å². The number of ether oxygens (including phenoxy) is 1. The number of thiazole rings is 1. The first kappa shape index (κ1) is 23.8. The monoisotopic (exact) mass is 496 g/mol. The van der Waals surface area contributed by atoms with Gasteiger partial charge in [-0.05, 0) is 31.6 Å². The van der Waals surface area contributed by atoms with Gasteiger partial charge in [-0.15, -0.1) is 11.3 Å². The highest BCUT2D eigenvalue weighted by Crippen LogP contribution is 2.60. The first-order valence-corrected chi connectivity index (χ1v) is 13.3. The number of hydrogen-bond acceptors (Lipinski definition) is 6. The maximum atomic E-state index is 13.1. The molecular weight excluding hydrogens is 464 g/mol. The number of carbonyl (C=O) groups excluding carboxylic acids is 3. The van der Waals surface area contributed by atoms with E-state index >= 15 is 0 Å². The molecule has 0 bridgehead atoms. The van der Waals surface area contributed by atoms with Gasteiger partial charge in [0.25, 0.3) is 0 Å². The maximum absolute atomic E-state index is 13.1. The number of benzene rings is 1. The summed E-state index contributed by atoms with van der Waals surface area (Å²) in [5.74, 6) is 0.383. The second kappa shape index (κ2) is 9.97. The largest absolute Gasteiger partial charge is 0.450 e. The fourth-order valence-corrected chi connectivity index (χ4v) is 6.19. The molecule has 2 saturated heterocycles. The Morgan fingerprint density at radius 2 is 1.69 bits per heavy atom. The van der Waals surface area contributed by atoms with Gasteiger partial charge in [0.15, 0.2) is 0 Å². The molecule has 0 N–H and O–H groups in total. The zero-order chi connectivity index (χ0) is 24.4. The Morgan fingerprint density at radius 1 is 1.00 bits per heavy atom. The summed E-state index contributed by atoms with van der Waals surface area (Å²) in [7, 11) is 0. The third-order valence-electron chi connectivity index (χ3n) is 7.62. The Hall–Kier alpha value is -2.94. The minimum atomic E-state index is -0.298. The zero-order valence-corrected chi connectivity index (χ0v) is 21.0. The van der Waals surface area contributed by atoms with E-state index in [1.54, 1.807) is 23.2 Å². The molecule has 1 atom stereocenters. The van der Waals surface area contributed by atoms with Gasteiger partial charge in [-0.25, -0.2) is 9.78 Å². The average Bonchev–Trinajstić information content (AvgIpc) is 3.37. The van der Waals surface area contributed by atoms with Crippen LogP contribution < -0.4 is 0 Å². The SMILES string of the molecule is CCOC(=O)N1CCN(C(=O)[C@H]2CC23CCN(C(=O)Cc2csc(-c4ccccc4)n2)CC3)CC1. The number of likely N-dealkylation sites (tertiary alicyclic amines) is 1. The highest BCUT2D eigenvalue weighted by atomic mass is 32.1. The van der Waals surface area contributed by atoms with Crippen molar-refractivity contribution in [2.45, 2.75) is 32.6 Å². The van der Waals surface area contributed by atoms with Crippen molar-refractivity contribution in [2.24, 2.45) is 11.3 Å². The van der Waals surface area contributed by atoms with Crippen molar-refractivity contribution in [1.82, 2.24) is 19.7 Å². The summed E-state index contributed by atoms with van der Waals surface area (Å²) in [6.45, 7) is 5.74. The van der Waals surface area contributed by atoms with E-state index in [2.05, 4.69) is 4.98 Å². The van der Waals surface area contributed by atoms with E-state index < -0.39 is 0 Å². The second-order valence-corrected chi connectivity index (χ2v) is 10.6. The molecule has 1 aromatic carbocycles. The predicted molar refractivity (Wildman–Crippen MR) is 133 cm³/mol. The normalized spacial score (nSPS) is 21.2. The van der Waals surface area contributed by atoms with Crippen LogP contribution in [0.1, 0.15) is 31.9 Å². The summed E-state index contributed by atoms with van der Waals surface area (Å²) in [6, 6.07) is 10.0. The number of nitrogens with zero attached hydrogens (tertiary/aromatic N) is 4. The Bertz CT molecular complexity index is 1070. The van der Waals surface area contributed by atoms with Crippen LogP contribution in [-0.2, 0) is 20.7 Å². The van der Waals surface area contributed by atoms with Crippen LogP contribution in [0.2, 0.25) is 0 Å². The molecule has 1 aliphatic carbocycles. The number of aromatic nitrogens is 1. The van der Waals surface area contributed by atoms with Gasteiger partial charge in [-0.2, -0.15) is 0 Å². The van der Waals surface area contributed by atoms with E-state index in [1.807, 2.05) is 45.5 Å². The van der Waals surface area contributed by atoms with E-state index in [9.17, 15) is 14.4 Å². The molecule has 35 heavy (non-hydrogen) atoms. The fraction of sp³-hybridized carbons (Fsp3) is 0.538. The molecule has 3 fully saturated rings. The summed E-state index contributed by atoms with van der Waals surface area (Å²) in [4.78, 5) is 48.1. The zero-order valence-electron chi connectivity index (χ0n) is 20.1. The molecule has 1 spiro atoms. The molecule has 1 saturated carbocycles. The molecule has 8 nitrogen and oxygen atoms in total. The van der Waals surface area contributed by atoms with Crippen LogP contribution in [0.4, 0.5) is 4.79 Å². The lowest BCUT2D eigenvalue weighted by atomic mass is 9.90. The molecule has 1 aromatic heterocycles. The van der Waals surface area contributed by atoms with Crippen molar-refractivity contribution in [3.05, 3.63) is 41.4 Å². The van der Waals surface area contributed by atoms with Gasteiger partial charge >= 0.3 is 6.09 Å². The molecular formula is C26H32N4O4S. The number of carbonyl (C=O) groups is 3. The smallest absolute Gasteiger partial charge is 0.409 e. The third kappa shape index (κ3) is 5.05. The molecule has 186 valence electrons. The van der Waals surface area contributed by atoms with Crippen LogP contribution in [0.25, 0.3) is 10.6 Å². The summed E-state index contributed by atoms with van der Waals surface area (Å²) in [5.41, 5.74) is 1.94. The number of hydrogen-bond donors (Lipinski definition) is 0. The van der Waals surface area contributed by atoms with Crippen LogP contribution in [0.15, 0.2) is 35.7 Å². The molecule has 0 radical (unpaired) electrons. The molecule has 9 heteroatoms. The summed E-state index contributed by atoms with van der Waals surface area (Å²) < 4.78 is 5.06. The van der Waals surface area contributed by atoms with Gasteiger partial charge in [0.1, 0.15) is 5.01 Å². The molecule has 0 unspecified atom stereocenters. The molecule has 2 aliphatic heterocycles. The highest BCUT2D eigenvalue weighted by molar-refractivity contribution is 7.13. The maximum Gasteiger partial charge on any atom is 0.409 e. The lowest BCUT2D eigenvalue weighted by Crippen LogP contribution is -2.51. The van der Waals surface area contributed by atoms with Crippen LogP contribution in [0, 0.1) is 11.3 Å². The van der Waals surface area contributed by atoms with Crippen LogP contribution in [0.5, 0.6) is 0 Å². The number of amides is 3. The number of piperazine rings is 1. The lowest BCUT2D eigenvalue weighted by molar-refractivity contribution is -0.135. The number of piperidine rings is 1. The van der Waals surface area contributed by atoms with Crippen molar-refractivity contribution >= 4 is 29.2 Å². The van der Waals surface area contributed by atoms with Gasteiger partial charge in [0.2, 0.25) is 11.8 Å². The Morgan fingerprint density at radius 3 is 2.37 bits per heavy atom. The van der Waals surface area contributed by atoms with Crippen LogP contribution in [-0.4, -0.2) is 83.5 Å². The van der Waals surface area contributed by atoms with E-state index in [4.69, 9.17) is 4.74 Å². The summed E-state index contributed by atoms with van der Waals surface area (Å²) in [6.07, 6.45) is 2.70. The van der Waals surface area contributed by atoms with E-state index in [0.717, 1.165) is 35.5 Å². The number of rotatable bonds is 5. The van der Waals surface area contributed by atoms with Crippen molar-refractivity contribution in [3.8, 4) is 10.6 Å². The van der Waals surface area contributed by atoms with E-state index in [0.29, 0.717) is 52.3 Å². The fourth-order valence-electron chi connectivity index (χ4n) is 5.36. The van der Waals surface area contributed by atoms with Gasteiger partial charge in [0, 0.05) is 56.1 Å². The predicted octanol–water partition coefficient (Wildman–Crippen LogP) is 3.28. The Kier molecular flexibility index (Phi) is 6.77. The molecule has 3 amide bonds. The van der Waals surface area contributed by atoms with Crippen LogP contribution in [0.3, 0.4) is 0 Å². The van der Waals surface area contributed by atoms with Crippen LogP contribution >= 0.6 is 11.3 Å². The third-order valence-corrected chi connectivity index (χ3v) is 8.56. The van der Waals surface area contributed by atoms with Gasteiger partial charge < -0.3 is 19.4 Å². The van der Waals surface area contributed by atoms with Gasteiger partial charge in [-0.3, -0.25) is 9.59 Å². The van der Waals surface area contributed by atoms with Gasteiger partial charge in [-0.1, -0.05) is 30.3 Å². The Balaban J connectivity index is 1.08. The summed E-state index contributed by atoms with van der Waals surface area (Å²) in [5, 5.41) is 2.91. The molecule has 2 aromatic rings. The molecule has 3 heterocycles. The standard InChI is InChI=1S/C26H32N4O4S/c1-2-34-25(33)30-14-12-29(13-15-30)24(32)21-17-26(21)8-10-28(11-9-26)22(31)16-20-18-35-23(27-20)19-6-4-3-5-7-19/h3-7,18,21H,2,8-17H2,1H3/t21-/m1/s1. The Labute approximate surface area is 209 Å². The second-order valence-electron chi connectivity index (χ2n) is 9.70. The topological polar surface area (TPSA) is 83.0 Å². The first-order chi connectivity index (χ1) is 17.0. The average molecular weight is 497 g/mol. The van der Waals surface area contributed by atoms with E-state index in [1.165, 1.54) is 0 Å². The van der Waals surface area contributed by atoms with Gasteiger partial charge in [0.05, 0.1) is 18.7 Å². The first-order valence-electron chi connectivity index (χ1n) is 12.5. The minimum Gasteiger partial charge on any atom is -0.450 e.